The van der Waals surface area contributed by atoms with Gasteiger partial charge in [0, 0.05) is 5.69 Å². The van der Waals surface area contributed by atoms with Crippen LogP contribution in [0.4, 0.5) is 10.5 Å². The van der Waals surface area contributed by atoms with Gasteiger partial charge in [-0.25, -0.2) is 23.1 Å². The van der Waals surface area contributed by atoms with E-state index < -0.39 is 27.6 Å². The Balaban J connectivity index is 2.02. The van der Waals surface area contributed by atoms with Gasteiger partial charge in [0.05, 0.1) is 4.90 Å². The van der Waals surface area contributed by atoms with Crippen molar-refractivity contribution in [3.8, 4) is 0 Å². The molecule has 9 heteroatoms. The first-order valence-electron chi connectivity index (χ1n) is 6.18. The third kappa shape index (κ3) is 3.31. The largest absolute Gasteiger partial charge is 0.480 e. The van der Waals surface area contributed by atoms with Crippen molar-refractivity contribution < 1.29 is 23.1 Å². The average Bonchev–Trinajstić information content (AvgIpc) is 2.33. The molecule has 0 bridgehead atoms. The van der Waals surface area contributed by atoms with Gasteiger partial charge in [-0.05, 0) is 43.5 Å². The van der Waals surface area contributed by atoms with Crippen molar-refractivity contribution in [2.24, 2.45) is 5.14 Å². The predicted octanol–water partition coefficient (Wildman–Crippen LogP) is 0.463. The van der Waals surface area contributed by atoms with E-state index in [9.17, 15) is 18.0 Å². The van der Waals surface area contributed by atoms with Crippen LogP contribution in [-0.4, -0.2) is 31.1 Å². The summed E-state index contributed by atoms with van der Waals surface area (Å²) < 4.78 is 22.2. The van der Waals surface area contributed by atoms with E-state index in [1.54, 1.807) is 0 Å². The second-order valence-corrected chi connectivity index (χ2v) is 6.45. The number of primary sulfonamides is 1. The number of anilines is 1. The van der Waals surface area contributed by atoms with E-state index in [-0.39, 0.29) is 4.90 Å². The van der Waals surface area contributed by atoms with Gasteiger partial charge in [0.25, 0.3) is 0 Å². The Morgan fingerprint density at radius 1 is 1.19 bits per heavy atom. The molecule has 0 aromatic heterocycles. The quantitative estimate of drug-likeness (QED) is 0.639. The van der Waals surface area contributed by atoms with Crippen molar-refractivity contribution in [3.63, 3.8) is 0 Å². The molecule has 21 heavy (non-hydrogen) atoms. The number of carboxylic acids is 1. The Labute approximate surface area is 121 Å². The first kappa shape index (κ1) is 15.3. The lowest BCUT2D eigenvalue weighted by molar-refractivity contribution is -0.148. The summed E-state index contributed by atoms with van der Waals surface area (Å²) >= 11 is 0. The molecule has 0 unspecified atom stereocenters. The third-order valence-corrected chi connectivity index (χ3v) is 4.34. The molecule has 0 aliphatic heterocycles. The summed E-state index contributed by atoms with van der Waals surface area (Å²) in [5, 5.41) is 18.9. The van der Waals surface area contributed by atoms with Crippen molar-refractivity contribution >= 4 is 27.7 Å². The van der Waals surface area contributed by atoms with Crippen LogP contribution >= 0.6 is 0 Å². The van der Waals surface area contributed by atoms with Crippen LogP contribution in [0.1, 0.15) is 19.3 Å². The minimum atomic E-state index is -3.79. The number of amides is 2. The van der Waals surface area contributed by atoms with Crippen LogP contribution in [-0.2, 0) is 14.8 Å². The van der Waals surface area contributed by atoms with Crippen LogP contribution in [0, 0.1) is 0 Å². The molecule has 1 aliphatic carbocycles. The standard InChI is InChI=1S/C12H15N3O5S/c13-21(19,20)9-4-2-8(3-5-9)14-11(18)15-12(10(16)17)6-1-7-12/h2-5H,1,6-7H2,(H,16,17)(H2,13,19,20)(H2,14,15,18). The molecule has 1 aromatic carbocycles. The molecule has 0 spiro atoms. The smallest absolute Gasteiger partial charge is 0.329 e. The lowest BCUT2D eigenvalue weighted by Gasteiger charge is -2.38. The van der Waals surface area contributed by atoms with Crippen molar-refractivity contribution in [1.29, 1.82) is 0 Å². The fourth-order valence-corrected chi connectivity index (χ4v) is 2.55. The molecule has 1 fully saturated rings. The fourth-order valence-electron chi connectivity index (χ4n) is 2.03. The number of rotatable bonds is 4. The molecule has 5 N–H and O–H groups in total. The summed E-state index contributed by atoms with van der Waals surface area (Å²) in [5.74, 6) is -1.06. The molecule has 0 radical (unpaired) electrons. The topological polar surface area (TPSA) is 139 Å². The highest BCUT2D eigenvalue weighted by Gasteiger charge is 2.45. The number of carbonyl (C=O) groups is 2. The number of nitrogens with one attached hydrogen (secondary N) is 2. The minimum absolute atomic E-state index is 0.0746. The summed E-state index contributed by atoms with van der Waals surface area (Å²) in [6.45, 7) is 0. The molecule has 1 aliphatic rings. The Morgan fingerprint density at radius 3 is 2.14 bits per heavy atom. The van der Waals surface area contributed by atoms with Crippen LogP contribution in [0.3, 0.4) is 0 Å². The number of carbonyl (C=O) groups excluding carboxylic acids is 1. The van der Waals surface area contributed by atoms with Crippen molar-refractivity contribution in [2.75, 3.05) is 5.32 Å². The number of benzene rings is 1. The maximum atomic E-state index is 11.8. The van der Waals surface area contributed by atoms with Crippen LogP contribution in [0.5, 0.6) is 0 Å². The highest BCUT2D eigenvalue weighted by Crippen LogP contribution is 2.32. The molecule has 2 amide bonds. The second kappa shape index (κ2) is 5.34. The molecule has 8 nitrogen and oxygen atoms in total. The Bertz CT molecular complexity index is 665. The number of hydrogen-bond donors (Lipinski definition) is 4. The summed E-state index contributed by atoms with van der Waals surface area (Å²) in [6.07, 6.45) is 1.52. The maximum absolute atomic E-state index is 11.8. The van der Waals surface area contributed by atoms with Gasteiger partial charge in [0.2, 0.25) is 10.0 Å². The van der Waals surface area contributed by atoms with E-state index in [2.05, 4.69) is 10.6 Å². The van der Waals surface area contributed by atoms with Gasteiger partial charge in [0.15, 0.2) is 0 Å². The Morgan fingerprint density at radius 2 is 1.76 bits per heavy atom. The van der Waals surface area contributed by atoms with Crippen molar-refractivity contribution in [3.05, 3.63) is 24.3 Å². The van der Waals surface area contributed by atoms with Gasteiger partial charge in [-0.3, -0.25) is 0 Å². The van der Waals surface area contributed by atoms with Crippen LogP contribution in [0.15, 0.2) is 29.2 Å². The molecule has 114 valence electrons. The first-order chi connectivity index (χ1) is 9.73. The van der Waals surface area contributed by atoms with E-state index in [4.69, 9.17) is 10.2 Å². The van der Waals surface area contributed by atoms with Crippen LogP contribution in [0.2, 0.25) is 0 Å². The molecule has 0 heterocycles. The number of carboxylic acid groups (broad SMARTS) is 1. The number of sulfonamides is 1. The molecule has 1 saturated carbocycles. The van der Waals surface area contributed by atoms with Crippen molar-refractivity contribution in [2.45, 2.75) is 29.7 Å². The summed E-state index contributed by atoms with van der Waals surface area (Å²) in [6, 6.07) is 4.59. The monoisotopic (exact) mass is 313 g/mol. The Kier molecular flexibility index (Phi) is 3.88. The second-order valence-electron chi connectivity index (χ2n) is 4.89. The molecule has 0 saturated heterocycles. The van der Waals surface area contributed by atoms with Gasteiger partial charge in [-0.1, -0.05) is 0 Å². The predicted molar refractivity (Wildman–Crippen MR) is 74.2 cm³/mol. The van der Waals surface area contributed by atoms with Gasteiger partial charge in [0.1, 0.15) is 5.54 Å². The van der Waals surface area contributed by atoms with Gasteiger partial charge in [-0.15, -0.1) is 0 Å². The van der Waals surface area contributed by atoms with E-state index >= 15 is 0 Å². The first-order valence-corrected chi connectivity index (χ1v) is 7.73. The highest BCUT2D eigenvalue weighted by atomic mass is 32.2. The fraction of sp³-hybridized carbons (Fsp3) is 0.333. The molecule has 2 rings (SSSR count). The Hall–Kier alpha value is -2.13. The normalized spacial score (nSPS) is 16.6. The number of aliphatic carboxylic acids is 1. The van der Waals surface area contributed by atoms with Crippen LogP contribution < -0.4 is 15.8 Å². The molecule has 1 aromatic rings. The lowest BCUT2D eigenvalue weighted by atomic mass is 9.77. The van der Waals surface area contributed by atoms with Gasteiger partial charge < -0.3 is 15.7 Å². The summed E-state index contributed by atoms with van der Waals surface area (Å²) in [5.41, 5.74) is -0.871. The minimum Gasteiger partial charge on any atom is -0.480 e. The van der Waals surface area contributed by atoms with Gasteiger partial charge in [-0.2, -0.15) is 0 Å². The SMILES string of the molecule is NS(=O)(=O)c1ccc(NC(=O)NC2(C(=O)O)CCC2)cc1. The van der Waals surface area contributed by atoms with E-state index in [1.807, 2.05) is 0 Å². The average molecular weight is 313 g/mol. The summed E-state index contributed by atoms with van der Waals surface area (Å²) in [7, 11) is -3.79. The third-order valence-electron chi connectivity index (χ3n) is 3.41. The molecular weight excluding hydrogens is 298 g/mol. The van der Waals surface area contributed by atoms with Crippen molar-refractivity contribution in [1.82, 2.24) is 5.32 Å². The van der Waals surface area contributed by atoms with Crippen LogP contribution in [0.25, 0.3) is 0 Å². The van der Waals surface area contributed by atoms with E-state index in [1.165, 1.54) is 24.3 Å². The highest BCUT2D eigenvalue weighted by molar-refractivity contribution is 7.89. The molecule has 0 atom stereocenters. The van der Waals surface area contributed by atoms with Gasteiger partial charge >= 0.3 is 12.0 Å². The zero-order chi connectivity index (χ0) is 15.7. The zero-order valence-electron chi connectivity index (χ0n) is 11.0. The molecular formula is C12H15N3O5S. The lowest BCUT2D eigenvalue weighted by Crippen LogP contribution is -2.60. The number of hydrogen-bond acceptors (Lipinski definition) is 4. The van der Waals surface area contributed by atoms with E-state index in [0.29, 0.717) is 18.5 Å². The number of urea groups is 1. The zero-order valence-corrected chi connectivity index (χ0v) is 11.8. The summed E-state index contributed by atoms with van der Waals surface area (Å²) in [4.78, 5) is 22.8. The maximum Gasteiger partial charge on any atom is 0.329 e. The number of nitrogens with two attached hydrogens (primary N) is 1. The van der Waals surface area contributed by atoms with E-state index in [0.717, 1.165) is 6.42 Å².